The maximum Gasteiger partial charge on any atom is 0.341 e. The van der Waals surface area contributed by atoms with Crippen LogP contribution in [0.1, 0.15) is 27.0 Å². The molecule has 0 saturated carbocycles. The van der Waals surface area contributed by atoms with E-state index in [0.29, 0.717) is 34.5 Å². The number of benzene rings is 2. The highest BCUT2D eigenvalue weighted by Gasteiger charge is 2.13. The van der Waals surface area contributed by atoms with Gasteiger partial charge in [0.2, 0.25) is 5.91 Å². The van der Waals surface area contributed by atoms with E-state index in [1.54, 1.807) is 64.3 Å². The van der Waals surface area contributed by atoms with Gasteiger partial charge in [-0.3, -0.25) is 9.59 Å². The van der Waals surface area contributed by atoms with Crippen molar-refractivity contribution in [3.05, 3.63) is 58.7 Å². The Bertz CT molecular complexity index is 865. The number of rotatable bonds is 7. The second kappa shape index (κ2) is 9.03. The molecule has 2 aromatic rings. The second-order valence-electron chi connectivity index (χ2n) is 6.74. The fraction of sp³-hybridized carbons (Fsp3) is 0.286. The summed E-state index contributed by atoms with van der Waals surface area (Å²) in [5, 5.41) is 11.6. The van der Waals surface area contributed by atoms with Crippen molar-refractivity contribution in [1.29, 1.82) is 0 Å². The maximum absolute atomic E-state index is 12.5. The van der Waals surface area contributed by atoms with Gasteiger partial charge in [0, 0.05) is 25.3 Å². The van der Waals surface area contributed by atoms with E-state index in [9.17, 15) is 14.4 Å². The van der Waals surface area contributed by atoms with E-state index in [-0.39, 0.29) is 11.8 Å². The third-order valence-electron chi connectivity index (χ3n) is 4.13. The van der Waals surface area contributed by atoms with Crippen molar-refractivity contribution in [2.24, 2.45) is 0 Å². The van der Waals surface area contributed by atoms with Gasteiger partial charge < -0.3 is 20.1 Å². The van der Waals surface area contributed by atoms with Crippen LogP contribution < -0.4 is 10.1 Å². The molecule has 0 aliphatic carbocycles. The molecule has 0 saturated heterocycles. The molecule has 0 aromatic heterocycles. The normalized spacial score (nSPS) is 10.3. The van der Waals surface area contributed by atoms with Crippen LogP contribution in [0.25, 0.3) is 0 Å². The van der Waals surface area contributed by atoms with Gasteiger partial charge in [0.25, 0.3) is 5.91 Å². The predicted molar refractivity (Wildman–Crippen MR) is 106 cm³/mol. The van der Waals surface area contributed by atoms with Gasteiger partial charge in [0.15, 0.2) is 6.61 Å². The summed E-state index contributed by atoms with van der Waals surface area (Å²) in [5.74, 6) is -0.869. The van der Waals surface area contributed by atoms with Crippen LogP contribution >= 0.6 is 0 Å². The predicted octanol–water partition coefficient (Wildman–Crippen LogP) is 2.65. The maximum atomic E-state index is 12.5. The van der Waals surface area contributed by atoms with E-state index >= 15 is 0 Å². The van der Waals surface area contributed by atoms with Crippen LogP contribution in [0.5, 0.6) is 5.75 Å². The molecule has 2 rings (SSSR count). The molecular weight excluding hydrogens is 360 g/mol. The van der Waals surface area contributed by atoms with Crippen molar-refractivity contribution in [2.45, 2.75) is 20.3 Å². The van der Waals surface area contributed by atoms with Crippen LogP contribution in [-0.4, -0.2) is 48.5 Å². The van der Waals surface area contributed by atoms with E-state index < -0.39 is 12.6 Å². The molecule has 28 heavy (non-hydrogen) atoms. The number of carbonyl (C=O) groups is 3. The third-order valence-corrected chi connectivity index (χ3v) is 4.13. The van der Waals surface area contributed by atoms with Crippen molar-refractivity contribution in [3.8, 4) is 5.75 Å². The van der Waals surface area contributed by atoms with Crippen LogP contribution in [0.2, 0.25) is 0 Å². The fourth-order valence-corrected chi connectivity index (χ4v) is 2.68. The third kappa shape index (κ3) is 5.57. The number of aryl methyl sites for hydroxylation is 2. The lowest BCUT2D eigenvalue weighted by Gasteiger charge is -2.13. The Kier molecular flexibility index (Phi) is 6.76. The van der Waals surface area contributed by atoms with Crippen molar-refractivity contribution >= 4 is 23.5 Å². The first-order valence-corrected chi connectivity index (χ1v) is 8.73. The summed E-state index contributed by atoms with van der Waals surface area (Å²) in [4.78, 5) is 36.5. The van der Waals surface area contributed by atoms with Crippen LogP contribution in [0, 0.1) is 13.8 Å². The van der Waals surface area contributed by atoms with Crippen LogP contribution in [-0.2, 0) is 16.0 Å². The van der Waals surface area contributed by atoms with Gasteiger partial charge in [0.1, 0.15) is 5.75 Å². The molecule has 2 amide bonds. The van der Waals surface area contributed by atoms with Crippen LogP contribution in [0.15, 0.2) is 36.4 Å². The quantitative estimate of drug-likeness (QED) is 0.765. The number of nitrogens with one attached hydrogen (secondary N) is 1. The molecule has 0 atom stereocenters. The zero-order valence-corrected chi connectivity index (χ0v) is 16.4. The highest BCUT2D eigenvalue weighted by molar-refractivity contribution is 6.04. The number of carboxylic acids is 1. The van der Waals surface area contributed by atoms with Gasteiger partial charge in [-0.1, -0.05) is 12.1 Å². The minimum absolute atomic E-state index is 0.00735. The first kappa shape index (κ1) is 21.0. The molecule has 148 valence electrons. The monoisotopic (exact) mass is 384 g/mol. The van der Waals surface area contributed by atoms with E-state index in [1.165, 1.54) is 4.90 Å². The van der Waals surface area contributed by atoms with E-state index in [4.69, 9.17) is 9.84 Å². The summed E-state index contributed by atoms with van der Waals surface area (Å²) in [6.45, 7) is 3.09. The lowest BCUT2D eigenvalue weighted by atomic mass is 10.0. The van der Waals surface area contributed by atoms with Gasteiger partial charge in [-0.15, -0.1) is 0 Å². The van der Waals surface area contributed by atoms with Gasteiger partial charge in [-0.05, 0) is 54.8 Å². The summed E-state index contributed by atoms with van der Waals surface area (Å²) in [5.41, 5.74) is 3.30. The topological polar surface area (TPSA) is 95.9 Å². The number of amides is 2. The Balaban J connectivity index is 2.08. The number of nitrogens with zero attached hydrogens (tertiary/aromatic N) is 1. The number of carboxylic acid groups (broad SMARTS) is 1. The Hall–Kier alpha value is -3.35. The molecule has 0 unspecified atom stereocenters. The molecule has 0 aliphatic heterocycles. The Labute approximate surface area is 163 Å². The molecule has 0 aliphatic rings. The molecule has 0 radical (unpaired) electrons. The number of aliphatic carboxylic acids is 1. The summed E-state index contributed by atoms with van der Waals surface area (Å²) < 4.78 is 5.28. The molecule has 0 spiro atoms. The summed E-state index contributed by atoms with van der Waals surface area (Å²) >= 11 is 0. The number of likely N-dealkylation sites (N-methyl/N-ethyl adjacent to an activating group) is 1. The van der Waals surface area contributed by atoms with Gasteiger partial charge in [0.05, 0.1) is 6.42 Å². The standard InChI is InChI=1S/C21H24N2O5/c1-13-9-16(10-14(2)20(13)28-12-19(25)26)21(27)22-17-7-5-15(6-8-17)11-18(24)23(3)4/h5-10H,11-12H2,1-4H3,(H,22,27)(H,25,26). The SMILES string of the molecule is Cc1cc(C(=O)Nc2ccc(CC(=O)N(C)C)cc2)cc(C)c1OCC(=O)O. The highest BCUT2D eigenvalue weighted by Crippen LogP contribution is 2.25. The number of anilines is 1. The number of hydrogen-bond donors (Lipinski definition) is 2. The Morgan fingerprint density at radius 3 is 2.11 bits per heavy atom. The van der Waals surface area contributed by atoms with E-state index in [2.05, 4.69) is 5.32 Å². The number of hydrogen-bond acceptors (Lipinski definition) is 4. The molecule has 7 heteroatoms. The van der Waals surface area contributed by atoms with Crippen molar-refractivity contribution in [3.63, 3.8) is 0 Å². The van der Waals surface area contributed by atoms with Crippen molar-refractivity contribution in [2.75, 3.05) is 26.0 Å². The average Bonchev–Trinajstić information content (AvgIpc) is 2.62. The Morgan fingerprint density at radius 1 is 1.04 bits per heavy atom. The fourth-order valence-electron chi connectivity index (χ4n) is 2.68. The van der Waals surface area contributed by atoms with Crippen LogP contribution in [0.4, 0.5) is 5.69 Å². The molecule has 0 bridgehead atoms. The molecular formula is C21H24N2O5. The summed E-state index contributed by atoms with van der Waals surface area (Å²) in [7, 11) is 3.41. The highest BCUT2D eigenvalue weighted by atomic mass is 16.5. The summed E-state index contributed by atoms with van der Waals surface area (Å²) in [6.07, 6.45) is 0.303. The first-order chi connectivity index (χ1) is 13.2. The zero-order chi connectivity index (χ0) is 20.8. The average molecular weight is 384 g/mol. The minimum atomic E-state index is -1.06. The molecule has 0 fully saturated rings. The second-order valence-corrected chi connectivity index (χ2v) is 6.74. The first-order valence-electron chi connectivity index (χ1n) is 8.73. The molecule has 0 heterocycles. The van der Waals surface area contributed by atoms with E-state index in [1.807, 2.05) is 0 Å². The van der Waals surface area contributed by atoms with Crippen LogP contribution in [0.3, 0.4) is 0 Å². The Morgan fingerprint density at radius 2 is 1.61 bits per heavy atom. The van der Waals surface area contributed by atoms with E-state index in [0.717, 1.165) is 5.56 Å². The smallest absolute Gasteiger partial charge is 0.341 e. The van der Waals surface area contributed by atoms with Gasteiger partial charge in [-0.2, -0.15) is 0 Å². The number of carbonyl (C=O) groups excluding carboxylic acids is 2. The largest absolute Gasteiger partial charge is 0.481 e. The lowest BCUT2D eigenvalue weighted by Crippen LogP contribution is -2.23. The molecule has 2 aromatic carbocycles. The van der Waals surface area contributed by atoms with Gasteiger partial charge >= 0.3 is 5.97 Å². The lowest BCUT2D eigenvalue weighted by molar-refractivity contribution is -0.139. The van der Waals surface area contributed by atoms with Crippen molar-refractivity contribution in [1.82, 2.24) is 4.90 Å². The molecule has 7 nitrogen and oxygen atoms in total. The molecule has 2 N–H and O–H groups in total. The minimum Gasteiger partial charge on any atom is -0.481 e. The van der Waals surface area contributed by atoms with Gasteiger partial charge in [-0.25, -0.2) is 4.79 Å². The number of ether oxygens (including phenoxy) is 1. The summed E-state index contributed by atoms with van der Waals surface area (Å²) in [6, 6.07) is 10.4. The zero-order valence-electron chi connectivity index (χ0n) is 16.4. The van der Waals surface area contributed by atoms with Crippen molar-refractivity contribution < 1.29 is 24.2 Å².